The number of anilines is 1. The Kier molecular flexibility index (Phi) is 5.27. The Morgan fingerprint density at radius 3 is 2.79 bits per heavy atom. The zero-order chi connectivity index (χ0) is 16.9. The summed E-state index contributed by atoms with van der Waals surface area (Å²) in [4.78, 5) is 0. The van der Waals surface area contributed by atoms with E-state index in [2.05, 4.69) is 32.3 Å². The zero-order valence-corrected chi connectivity index (χ0v) is 15.0. The highest BCUT2D eigenvalue weighted by molar-refractivity contribution is 8.01. The van der Waals surface area contributed by atoms with Crippen LogP contribution in [0.2, 0.25) is 0 Å². The topological polar surface area (TPSA) is 76.7 Å². The summed E-state index contributed by atoms with van der Waals surface area (Å²) in [5, 5.41) is 20.4. The lowest BCUT2D eigenvalue weighted by atomic mass is 10.1. The van der Waals surface area contributed by atoms with Crippen molar-refractivity contribution in [3.05, 3.63) is 48.4 Å². The molecule has 0 spiro atoms. The molecule has 3 rings (SSSR count). The van der Waals surface area contributed by atoms with Gasteiger partial charge in [-0.2, -0.15) is 0 Å². The molecular formula is C16H17N5OS2. The molecular weight excluding hydrogens is 342 g/mol. The Balaban J connectivity index is 1.67. The van der Waals surface area contributed by atoms with Crippen molar-refractivity contribution in [3.8, 4) is 11.5 Å². The van der Waals surface area contributed by atoms with Crippen LogP contribution < -0.4 is 5.32 Å². The van der Waals surface area contributed by atoms with Crippen molar-refractivity contribution in [1.82, 2.24) is 20.4 Å². The summed E-state index contributed by atoms with van der Waals surface area (Å²) in [7, 11) is 0. The molecule has 0 unspecified atom stereocenters. The first-order valence-corrected chi connectivity index (χ1v) is 9.10. The predicted molar refractivity (Wildman–Crippen MR) is 97.3 cm³/mol. The summed E-state index contributed by atoms with van der Waals surface area (Å²) in [6.45, 7) is 8.38. The third-order valence-electron chi connectivity index (χ3n) is 3.17. The van der Waals surface area contributed by atoms with Gasteiger partial charge in [0.25, 0.3) is 0 Å². The van der Waals surface area contributed by atoms with Gasteiger partial charge >= 0.3 is 0 Å². The standard InChI is InChI=1S/C16H17N5OS2/c1-4-9-17-15-20-21-16(24-15)23-11(3)13-18-19-14(22-13)12-7-5-10(2)6-8-12/h4-8,11H,1,9H2,2-3H3,(H,17,20)/t11-/m1/s1. The molecule has 3 aromatic rings. The normalized spacial score (nSPS) is 12.1. The highest BCUT2D eigenvalue weighted by atomic mass is 32.2. The van der Waals surface area contributed by atoms with Crippen LogP contribution >= 0.6 is 23.1 Å². The molecule has 0 saturated carbocycles. The molecule has 0 bridgehead atoms. The van der Waals surface area contributed by atoms with Gasteiger partial charge in [-0.05, 0) is 26.0 Å². The summed E-state index contributed by atoms with van der Waals surface area (Å²) in [5.74, 6) is 1.11. The Bertz CT molecular complexity index is 812. The van der Waals surface area contributed by atoms with Crippen molar-refractivity contribution >= 4 is 28.2 Å². The van der Waals surface area contributed by atoms with Crippen LogP contribution in [0.3, 0.4) is 0 Å². The van der Waals surface area contributed by atoms with E-state index in [1.54, 1.807) is 17.8 Å². The highest BCUT2D eigenvalue weighted by Crippen LogP contribution is 2.37. The van der Waals surface area contributed by atoms with Gasteiger partial charge in [0.2, 0.25) is 16.9 Å². The fraction of sp³-hybridized carbons (Fsp3) is 0.250. The van der Waals surface area contributed by atoms with Crippen LogP contribution in [-0.2, 0) is 0 Å². The van der Waals surface area contributed by atoms with Crippen LogP contribution in [-0.4, -0.2) is 26.9 Å². The van der Waals surface area contributed by atoms with Gasteiger partial charge in [0.1, 0.15) is 0 Å². The molecule has 0 fully saturated rings. The maximum absolute atomic E-state index is 5.80. The van der Waals surface area contributed by atoms with E-state index in [-0.39, 0.29) is 5.25 Å². The van der Waals surface area contributed by atoms with Gasteiger partial charge in [0.15, 0.2) is 4.34 Å². The molecule has 1 N–H and O–H groups in total. The van der Waals surface area contributed by atoms with Gasteiger partial charge in [-0.25, -0.2) is 0 Å². The molecule has 0 aliphatic rings. The van der Waals surface area contributed by atoms with Gasteiger partial charge < -0.3 is 9.73 Å². The molecule has 24 heavy (non-hydrogen) atoms. The minimum Gasteiger partial charge on any atom is -0.419 e. The minimum absolute atomic E-state index is 0.00287. The molecule has 1 atom stereocenters. The maximum atomic E-state index is 5.80. The Hall–Kier alpha value is -2.19. The first kappa shape index (κ1) is 16.7. The number of rotatable bonds is 7. The van der Waals surface area contributed by atoms with Crippen molar-refractivity contribution in [2.75, 3.05) is 11.9 Å². The number of thioether (sulfide) groups is 1. The zero-order valence-electron chi connectivity index (χ0n) is 13.4. The molecule has 0 amide bonds. The third kappa shape index (κ3) is 4.01. The van der Waals surface area contributed by atoms with Crippen molar-refractivity contribution in [1.29, 1.82) is 0 Å². The fourth-order valence-electron chi connectivity index (χ4n) is 1.90. The largest absolute Gasteiger partial charge is 0.419 e. The van der Waals surface area contributed by atoms with Crippen LogP contribution in [0, 0.1) is 6.92 Å². The molecule has 1 aromatic carbocycles. The SMILES string of the molecule is C=CCNc1nnc(S[C@H](C)c2nnc(-c3ccc(C)cc3)o2)s1. The first-order valence-electron chi connectivity index (χ1n) is 7.41. The summed E-state index contributed by atoms with van der Waals surface area (Å²) >= 11 is 3.04. The lowest BCUT2D eigenvalue weighted by molar-refractivity contribution is 0.509. The highest BCUT2D eigenvalue weighted by Gasteiger charge is 2.18. The summed E-state index contributed by atoms with van der Waals surface area (Å²) in [5.41, 5.74) is 2.11. The summed E-state index contributed by atoms with van der Waals surface area (Å²) in [6, 6.07) is 8.01. The average molecular weight is 359 g/mol. The van der Waals surface area contributed by atoms with Gasteiger partial charge in [-0.3, -0.25) is 0 Å². The van der Waals surface area contributed by atoms with E-state index >= 15 is 0 Å². The van der Waals surface area contributed by atoms with E-state index in [4.69, 9.17) is 4.42 Å². The molecule has 6 nitrogen and oxygen atoms in total. The molecule has 0 radical (unpaired) electrons. The van der Waals surface area contributed by atoms with E-state index in [9.17, 15) is 0 Å². The third-order valence-corrected chi connectivity index (χ3v) is 5.22. The van der Waals surface area contributed by atoms with E-state index in [1.807, 2.05) is 38.1 Å². The first-order chi connectivity index (χ1) is 11.7. The van der Waals surface area contributed by atoms with Crippen LogP contribution in [0.25, 0.3) is 11.5 Å². The van der Waals surface area contributed by atoms with Crippen molar-refractivity contribution in [2.24, 2.45) is 0 Å². The molecule has 124 valence electrons. The molecule has 8 heteroatoms. The number of aromatic nitrogens is 4. The predicted octanol–water partition coefficient (Wildman–Crippen LogP) is 4.35. The molecule has 2 aromatic heterocycles. The van der Waals surface area contributed by atoms with Gasteiger partial charge in [-0.15, -0.1) is 27.0 Å². The van der Waals surface area contributed by atoms with Crippen LogP contribution in [0.4, 0.5) is 5.13 Å². The molecule has 0 saturated heterocycles. The summed E-state index contributed by atoms with van der Waals surface area (Å²) in [6.07, 6.45) is 1.78. The van der Waals surface area contributed by atoms with Crippen LogP contribution in [0.1, 0.15) is 23.6 Å². The quantitative estimate of drug-likeness (QED) is 0.496. The van der Waals surface area contributed by atoms with E-state index in [0.717, 1.165) is 15.0 Å². The molecule has 2 heterocycles. The number of nitrogens with one attached hydrogen (secondary N) is 1. The second kappa shape index (κ2) is 7.59. The number of benzene rings is 1. The van der Waals surface area contributed by atoms with E-state index < -0.39 is 0 Å². The minimum atomic E-state index is -0.00287. The fourth-order valence-corrected chi connectivity index (χ4v) is 3.83. The van der Waals surface area contributed by atoms with Crippen molar-refractivity contribution in [3.63, 3.8) is 0 Å². The van der Waals surface area contributed by atoms with Crippen molar-refractivity contribution < 1.29 is 4.42 Å². The monoisotopic (exact) mass is 359 g/mol. The lowest BCUT2D eigenvalue weighted by Crippen LogP contribution is -1.96. The van der Waals surface area contributed by atoms with E-state index in [1.165, 1.54) is 16.9 Å². The number of aryl methyl sites for hydroxylation is 1. The number of hydrogen-bond acceptors (Lipinski definition) is 8. The van der Waals surface area contributed by atoms with E-state index in [0.29, 0.717) is 18.3 Å². The Labute approximate surface area is 148 Å². The smallest absolute Gasteiger partial charge is 0.247 e. The van der Waals surface area contributed by atoms with Crippen LogP contribution in [0.5, 0.6) is 0 Å². The van der Waals surface area contributed by atoms with Gasteiger partial charge in [-0.1, -0.05) is 46.9 Å². The Morgan fingerprint density at radius 2 is 2.04 bits per heavy atom. The average Bonchev–Trinajstić information content (AvgIpc) is 3.23. The van der Waals surface area contributed by atoms with Crippen LogP contribution in [0.15, 0.2) is 45.7 Å². The number of hydrogen-bond donors (Lipinski definition) is 1. The molecule has 0 aliphatic heterocycles. The summed E-state index contributed by atoms with van der Waals surface area (Å²) < 4.78 is 6.65. The Morgan fingerprint density at radius 1 is 1.25 bits per heavy atom. The van der Waals surface area contributed by atoms with Gasteiger partial charge in [0, 0.05) is 12.1 Å². The number of nitrogens with zero attached hydrogens (tertiary/aromatic N) is 4. The second-order valence-electron chi connectivity index (χ2n) is 5.11. The molecule has 0 aliphatic carbocycles. The maximum Gasteiger partial charge on any atom is 0.247 e. The van der Waals surface area contributed by atoms with Gasteiger partial charge in [0.05, 0.1) is 5.25 Å². The second-order valence-corrected chi connectivity index (χ2v) is 7.68. The van der Waals surface area contributed by atoms with Crippen molar-refractivity contribution in [2.45, 2.75) is 23.4 Å². The lowest BCUT2D eigenvalue weighted by Gasteiger charge is -2.02.